The van der Waals surface area contributed by atoms with Gasteiger partial charge in [0.25, 0.3) is 0 Å². The van der Waals surface area contributed by atoms with Crippen LogP contribution in [0.4, 0.5) is 0 Å². The molecule has 1 amide bonds. The van der Waals surface area contributed by atoms with Gasteiger partial charge in [-0.05, 0) is 6.07 Å². The Labute approximate surface area is 94.3 Å². The molecular formula is C11H14ClNO2. The smallest absolute Gasteiger partial charge is 0.226 e. The zero-order chi connectivity index (χ0) is 11.3. The van der Waals surface area contributed by atoms with Gasteiger partial charge in [-0.1, -0.05) is 18.2 Å². The molecule has 1 rings (SSSR count). The summed E-state index contributed by atoms with van der Waals surface area (Å²) in [4.78, 5) is 13.2. The molecule has 82 valence electrons. The maximum absolute atomic E-state index is 11.6. The predicted molar refractivity (Wildman–Crippen MR) is 60.2 cm³/mol. The number of carbonyl (C=O) groups is 1. The van der Waals surface area contributed by atoms with Gasteiger partial charge in [0.1, 0.15) is 5.75 Å². The van der Waals surface area contributed by atoms with Crippen LogP contribution in [0.25, 0.3) is 0 Å². The van der Waals surface area contributed by atoms with Gasteiger partial charge < -0.3 is 10.0 Å². The molecule has 0 bridgehead atoms. The zero-order valence-electron chi connectivity index (χ0n) is 8.61. The number of hydrogen-bond acceptors (Lipinski definition) is 2. The van der Waals surface area contributed by atoms with E-state index in [9.17, 15) is 9.90 Å². The first kappa shape index (κ1) is 11.9. The molecule has 0 aliphatic carbocycles. The number of phenolic OH excluding ortho intramolecular Hbond substituents is 1. The van der Waals surface area contributed by atoms with Gasteiger partial charge in [-0.15, -0.1) is 11.6 Å². The van der Waals surface area contributed by atoms with Crippen LogP contribution in [0, 0.1) is 0 Å². The molecule has 0 aliphatic heterocycles. The molecule has 0 unspecified atom stereocenters. The summed E-state index contributed by atoms with van der Waals surface area (Å²) < 4.78 is 0. The molecular weight excluding hydrogens is 214 g/mol. The Morgan fingerprint density at radius 3 is 2.73 bits per heavy atom. The molecule has 4 heteroatoms. The Kier molecular flexibility index (Phi) is 4.43. The second kappa shape index (κ2) is 5.61. The summed E-state index contributed by atoms with van der Waals surface area (Å²) in [6, 6.07) is 6.83. The van der Waals surface area contributed by atoms with Crippen LogP contribution in [0.15, 0.2) is 24.3 Å². The summed E-state index contributed by atoms with van der Waals surface area (Å²) in [6.45, 7) is 0.522. The van der Waals surface area contributed by atoms with Crippen molar-refractivity contribution in [2.24, 2.45) is 0 Å². The maximum atomic E-state index is 11.6. The number of carbonyl (C=O) groups excluding carboxylic acids is 1. The lowest BCUT2D eigenvalue weighted by molar-refractivity contribution is -0.128. The third kappa shape index (κ3) is 3.44. The maximum Gasteiger partial charge on any atom is 0.226 e. The Balaban J connectivity index is 2.62. The van der Waals surface area contributed by atoms with Crippen LogP contribution < -0.4 is 0 Å². The number of rotatable bonds is 4. The molecule has 1 N–H and O–H groups in total. The van der Waals surface area contributed by atoms with Gasteiger partial charge in [-0.3, -0.25) is 4.79 Å². The van der Waals surface area contributed by atoms with Gasteiger partial charge in [-0.25, -0.2) is 0 Å². The van der Waals surface area contributed by atoms with E-state index in [0.717, 1.165) is 0 Å². The summed E-state index contributed by atoms with van der Waals surface area (Å²) in [5, 5.41) is 9.47. The van der Waals surface area contributed by atoms with Crippen molar-refractivity contribution in [3.8, 4) is 5.75 Å². The van der Waals surface area contributed by atoms with E-state index in [0.29, 0.717) is 18.0 Å². The number of likely N-dealkylation sites (N-methyl/N-ethyl adjacent to an activating group) is 1. The van der Waals surface area contributed by atoms with Crippen LogP contribution in [0.5, 0.6) is 5.75 Å². The van der Waals surface area contributed by atoms with Crippen LogP contribution in [0.3, 0.4) is 0 Å². The van der Waals surface area contributed by atoms with Gasteiger partial charge in [0.05, 0.1) is 6.42 Å². The van der Waals surface area contributed by atoms with Gasteiger partial charge >= 0.3 is 0 Å². The minimum absolute atomic E-state index is 0.0443. The monoisotopic (exact) mass is 227 g/mol. The highest BCUT2D eigenvalue weighted by Gasteiger charge is 2.10. The van der Waals surface area contributed by atoms with E-state index in [-0.39, 0.29) is 18.1 Å². The van der Waals surface area contributed by atoms with Gasteiger partial charge in [0.15, 0.2) is 0 Å². The first-order chi connectivity index (χ1) is 7.15. The van der Waals surface area contributed by atoms with Crippen molar-refractivity contribution in [2.75, 3.05) is 19.5 Å². The molecule has 0 heterocycles. The number of amides is 1. The van der Waals surface area contributed by atoms with Crippen molar-refractivity contribution in [2.45, 2.75) is 6.42 Å². The quantitative estimate of drug-likeness (QED) is 0.795. The van der Waals surface area contributed by atoms with Gasteiger partial charge in [0.2, 0.25) is 5.91 Å². The third-order valence-corrected chi connectivity index (χ3v) is 2.35. The number of hydrogen-bond donors (Lipinski definition) is 1. The molecule has 0 aliphatic rings. The highest BCUT2D eigenvalue weighted by molar-refractivity contribution is 6.18. The van der Waals surface area contributed by atoms with Crippen LogP contribution in [0.2, 0.25) is 0 Å². The van der Waals surface area contributed by atoms with Crippen LogP contribution >= 0.6 is 11.6 Å². The lowest BCUT2D eigenvalue weighted by atomic mass is 10.1. The highest BCUT2D eigenvalue weighted by atomic mass is 35.5. The van der Waals surface area contributed by atoms with E-state index in [2.05, 4.69) is 0 Å². The summed E-state index contributed by atoms with van der Waals surface area (Å²) in [7, 11) is 1.70. The lowest BCUT2D eigenvalue weighted by Gasteiger charge is -2.15. The van der Waals surface area contributed by atoms with E-state index in [4.69, 9.17) is 11.6 Å². The van der Waals surface area contributed by atoms with Crippen molar-refractivity contribution in [3.05, 3.63) is 29.8 Å². The fraction of sp³-hybridized carbons (Fsp3) is 0.364. The lowest BCUT2D eigenvalue weighted by Crippen LogP contribution is -2.29. The summed E-state index contributed by atoms with van der Waals surface area (Å²) >= 11 is 5.53. The second-order valence-corrected chi connectivity index (χ2v) is 3.69. The van der Waals surface area contributed by atoms with Crippen molar-refractivity contribution < 1.29 is 9.90 Å². The number of alkyl halides is 1. The van der Waals surface area contributed by atoms with E-state index >= 15 is 0 Å². The molecule has 15 heavy (non-hydrogen) atoms. The van der Waals surface area contributed by atoms with Gasteiger partial charge in [-0.2, -0.15) is 0 Å². The number of halogens is 1. The standard InChI is InChI=1S/C11H14ClNO2/c1-13(7-6-12)11(15)8-9-4-2-3-5-10(9)14/h2-5,14H,6-8H2,1H3. The topological polar surface area (TPSA) is 40.5 Å². The molecule has 0 saturated carbocycles. The Morgan fingerprint density at radius 2 is 2.13 bits per heavy atom. The fourth-order valence-corrected chi connectivity index (χ4v) is 1.46. The average molecular weight is 228 g/mol. The number of phenols is 1. The summed E-state index contributed by atoms with van der Waals surface area (Å²) in [5.41, 5.74) is 0.643. The van der Waals surface area contributed by atoms with Crippen molar-refractivity contribution >= 4 is 17.5 Å². The number of para-hydroxylation sites is 1. The minimum atomic E-state index is -0.0443. The molecule has 0 fully saturated rings. The molecule has 3 nitrogen and oxygen atoms in total. The fourth-order valence-electron chi connectivity index (χ4n) is 1.21. The zero-order valence-corrected chi connectivity index (χ0v) is 9.37. The van der Waals surface area contributed by atoms with Crippen LogP contribution in [-0.2, 0) is 11.2 Å². The van der Waals surface area contributed by atoms with Crippen molar-refractivity contribution in [1.82, 2.24) is 4.90 Å². The summed E-state index contributed by atoms with van der Waals surface area (Å²) in [6.07, 6.45) is 0.208. The van der Waals surface area contributed by atoms with E-state index < -0.39 is 0 Å². The Morgan fingerprint density at radius 1 is 1.47 bits per heavy atom. The molecule has 0 saturated heterocycles. The molecule has 0 atom stereocenters. The molecule has 1 aromatic carbocycles. The number of benzene rings is 1. The molecule has 1 aromatic rings. The van der Waals surface area contributed by atoms with Crippen molar-refractivity contribution in [3.63, 3.8) is 0 Å². The Hall–Kier alpha value is -1.22. The second-order valence-electron chi connectivity index (χ2n) is 3.31. The van der Waals surface area contributed by atoms with Gasteiger partial charge in [0, 0.05) is 25.0 Å². The van der Waals surface area contributed by atoms with Crippen LogP contribution in [-0.4, -0.2) is 35.4 Å². The molecule has 0 spiro atoms. The Bertz CT molecular complexity index is 341. The predicted octanol–water partition coefficient (Wildman–Crippen LogP) is 1.63. The minimum Gasteiger partial charge on any atom is -0.508 e. The molecule has 0 radical (unpaired) electrons. The third-order valence-electron chi connectivity index (χ3n) is 2.18. The highest BCUT2D eigenvalue weighted by Crippen LogP contribution is 2.16. The van der Waals surface area contributed by atoms with E-state index in [1.165, 1.54) is 0 Å². The first-order valence-electron chi connectivity index (χ1n) is 4.72. The first-order valence-corrected chi connectivity index (χ1v) is 5.25. The SMILES string of the molecule is CN(CCCl)C(=O)Cc1ccccc1O. The number of nitrogens with zero attached hydrogens (tertiary/aromatic N) is 1. The van der Waals surface area contributed by atoms with E-state index in [1.807, 2.05) is 0 Å². The molecule has 0 aromatic heterocycles. The largest absolute Gasteiger partial charge is 0.508 e. The average Bonchev–Trinajstić information content (AvgIpc) is 2.21. The van der Waals surface area contributed by atoms with Crippen molar-refractivity contribution in [1.29, 1.82) is 0 Å². The number of aromatic hydroxyl groups is 1. The van der Waals surface area contributed by atoms with Crippen LogP contribution in [0.1, 0.15) is 5.56 Å². The van der Waals surface area contributed by atoms with E-state index in [1.54, 1.807) is 36.2 Å². The normalized spacial score (nSPS) is 10.0. The summed E-state index contributed by atoms with van der Waals surface area (Å²) in [5.74, 6) is 0.533.